The van der Waals surface area contributed by atoms with Gasteiger partial charge in [0.1, 0.15) is 17.9 Å². The Morgan fingerprint density at radius 3 is 2.32 bits per heavy atom. The number of ether oxygens (including phenoxy) is 1. The summed E-state index contributed by atoms with van der Waals surface area (Å²) in [5, 5.41) is 11.2. The molecule has 5 heterocycles. The van der Waals surface area contributed by atoms with E-state index in [1.807, 2.05) is 27.7 Å². The van der Waals surface area contributed by atoms with Crippen molar-refractivity contribution in [3.63, 3.8) is 0 Å². The van der Waals surface area contributed by atoms with Crippen LogP contribution in [0, 0.1) is 17.2 Å². The summed E-state index contributed by atoms with van der Waals surface area (Å²) < 4.78 is 49.5. The number of carbonyl (C=O) groups excluding carboxylic acids is 1. The summed E-state index contributed by atoms with van der Waals surface area (Å²) in [6.45, 7) is 13.6. The molecular formula is C34H49FN8O6S. The number of anilines is 1. The second kappa shape index (κ2) is 14.6. The van der Waals surface area contributed by atoms with Gasteiger partial charge in [-0.1, -0.05) is 0 Å². The monoisotopic (exact) mass is 716 g/mol. The summed E-state index contributed by atoms with van der Waals surface area (Å²) in [4.78, 5) is 39.5. The van der Waals surface area contributed by atoms with Gasteiger partial charge in [-0.25, -0.2) is 19.2 Å². The number of hydrogen-bond acceptors (Lipinski definition) is 9. The summed E-state index contributed by atoms with van der Waals surface area (Å²) in [6.07, 6.45) is 5.66. The number of piperidine rings is 2. The maximum Gasteiger partial charge on any atom is 0.404 e. The summed E-state index contributed by atoms with van der Waals surface area (Å²) in [7, 11) is -3.56. The molecule has 14 nitrogen and oxygen atoms in total. The first kappa shape index (κ1) is 36.2. The Hall–Kier alpha value is -3.60. The van der Waals surface area contributed by atoms with Gasteiger partial charge in [0.15, 0.2) is 11.6 Å². The number of aromatic nitrogens is 2. The molecule has 2 amide bonds. The zero-order valence-electron chi connectivity index (χ0n) is 29.3. The molecule has 2 aromatic rings. The summed E-state index contributed by atoms with van der Waals surface area (Å²) in [6, 6.07) is 3.49. The molecule has 0 atom stereocenters. The Morgan fingerprint density at radius 1 is 1.04 bits per heavy atom. The van der Waals surface area contributed by atoms with Crippen LogP contribution >= 0.6 is 0 Å². The third-order valence-electron chi connectivity index (χ3n) is 10.6. The fraction of sp³-hybridized carbons (Fsp3) is 0.647. The average molecular weight is 717 g/mol. The molecule has 0 radical (unpaired) electrons. The Balaban J connectivity index is 0.997. The van der Waals surface area contributed by atoms with Crippen molar-refractivity contribution in [3.05, 3.63) is 42.1 Å². The van der Waals surface area contributed by atoms with E-state index < -0.39 is 22.1 Å². The highest BCUT2D eigenvalue weighted by atomic mass is 32.2. The van der Waals surface area contributed by atoms with E-state index in [0.717, 1.165) is 58.4 Å². The van der Waals surface area contributed by atoms with Crippen molar-refractivity contribution in [1.82, 2.24) is 33.7 Å². The molecule has 0 bridgehead atoms. The van der Waals surface area contributed by atoms with E-state index in [1.54, 1.807) is 15.4 Å². The third-order valence-corrected chi connectivity index (χ3v) is 12.6. The molecule has 1 aromatic heterocycles. The van der Waals surface area contributed by atoms with Gasteiger partial charge < -0.3 is 29.9 Å². The Morgan fingerprint density at radius 2 is 1.70 bits per heavy atom. The van der Waals surface area contributed by atoms with E-state index in [1.165, 1.54) is 28.8 Å². The molecule has 4 aliphatic rings. The molecule has 50 heavy (non-hydrogen) atoms. The first-order valence-corrected chi connectivity index (χ1v) is 19.0. The van der Waals surface area contributed by atoms with Crippen LogP contribution in [0.15, 0.2) is 30.7 Å². The first-order chi connectivity index (χ1) is 23.7. The van der Waals surface area contributed by atoms with Crippen LogP contribution in [0.5, 0.6) is 11.5 Å². The predicted molar refractivity (Wildman–Crippen MR) is 185 cm³/mol. The van der Waals surface area contributed by atoms with Crippen molar-refractivity contribution < 1.29 is 32.2 Å². The Bertz CT molecular complexity index is 1640. The number of carbonyl (C=O) groups is 2. The SMILES string of the molecule is CC(C)N(C(=O)c1cc(F)ccc1Oc1cncnc1N1CC2(CCN(CC3CCN(S(=O)(=O)N4CC(NC(=O)O)C4)CC3)CC2)C1)C(C)C. The molecule has 0 unspecified atom stereocenters. The van der Waals surface area contributed by atoms with Crippen molar-refractivity contribution in [2.75, 3.05) is 63.8 Å². The van der Waals surface area contributed by atoms with Gasteiger partial charge in [0.2, 0.25) is 0 Å². The van der Waals surface area contributed by atoms with E-state index in [2.05, 4.69) is 25.1 Å². The number of rotatable bonds is 11. The second-order valence-corrected chi connectivity index (χ2v) is 16.8. The van der Waals surface area contributed by atoms with E-state index >= 15 is 0 Å². The highest BCUT2D eigenvalue weighted by molar-refractivity contribution is 7.86. The van der Waals surface area contributed by atoms with E-state index in [4.69, 9.17) is 9.84 Å². The van der Waals surface area contributed by atoms with Crippen LogP contribution in [-0.2, 0) is 10.2 Å². The van der Waals surface area contributed by atoms with Crippen LogP contribution in [0.1, 0.15) is 63.7 Å². The fourth-order valence-electron chi connectivity index (χ4n) is 7.88. The quantitative estimate of drug-likeness (QED) is 0.354. The van der Waals surface area contributed by atoms with Crippen molar-refractivity contribution in [3.8, 4) is 11.5 Å². The highest BCUT2D eigenvalue weighted by Crippen LogP contribution is 2.45. The first-order valence-electron chi connectivity index (χ1n) is 17.6. The lowest BCUT2D eigenvalue weighted by atomic mass is 9.72. The number of nitrogens with zero attached hydrogens (tertiary/aromatic N) is 7. The molecule has 1 aromatic carbocycles. The number of halogens is 1. The van der Waals surface area contributed by atoms with E-state index in [9.17, 15) is 22.4 Å². The van der Waals surface area contributed by atoms with Gasteiger partial charge >= 0.3 is 6.09 Å². The van der Waals surface area contributed by atoms with Crippen molar-refractivity contribution in [2.45, 2.75) is 71.5 Å². The van der Waals surface area contributed by atoms with Gasteiger partial charge in [-0.15, -0.1) is 0 Å². The van der Waals surface area contributed by atoms with E-state index in [0.29, 0.717) is 30.6 Å². The summed E-state index contributed by atoms with van der Waals surface area (Å²) in [5.74, 6) is 0.942. The molecule has 4 fully saturated rings. The smallest absolute Gasteiger partial charge is 0.404 e. The molecule has 274 valence electrons. The number of likely N-dealkylation sites (tertiary alicyclic amines) is 1. The zero-order valence-corrected chi connectivity index (χ0v) is 30.1. The lowest BCUT2D eigenvalue weighted by Crippen LogP contribution is -2.63. The fourth-order valence-corrected chi connectivity index (χ4v) is 9.62. The minimum Gasteiger partial charge on any atom is -0.465 e. The van der Waals surface area contributed by atoms with Crippen LogP contribution in [0.4, 0.5) is 15.0 Å². The van der Waals surface area contributed by atoms with Gasteiger partial charge in [-0.05, 0) is 90.6 Å². The number of hydrogen-bond donors (Lipinski definition) is 2. The normalized spacial score (nSPS) is 20.9. The number of carboxylic acid groups (broad SMARTS) is 1. The molecule has 1 spiro atoms. The molecule has 0 saturated carbocycles. The number of nitrogens with one attached hydrogen (secondary N) is 1. The zero-order chi connectivity index (χ0) is 35.8. The van der Waals surface area contributed by atoms with Crippen molar-refractivity contribution >= 4 is 28.0 Å². The van der Waals surface area contributed by atoms with Crippen molar-refractivity contribution in [1.29, 1.82) is 0 Å². The summed E-state index contributed by atoms with van der Waals surface area (Å²) in [5.41, 5.74) is 0.328. The van der Waals surface area contributed by atoms with Crippen LogP contribution in [0.3, 0.4) is 0 Å². The lowest BCUT2D eigenvalue weighted by Gasteiger charge is -2.54. The standard InChI is InChI=1S/C34H49FN8O6S/c1-23(2)43(24(3)4)32(44)28-15-26(35)5-6-29(28)49-30-16-36-22-37-31(30)40-20-34(21-40)9-13-39(14-10-34)17-25-7-11-41(12-8-25)50(47,48)42-18-27(19-42)38-33(45)46/h5-6,15-16,22-25,27,38H,7-14,17-21H2,1-4H3,(H,45,46). The van der Waals surface area contributed by atoms with Gasteiger partial charge in [-0.2, -0.15) is 17.0 Å². The highest BCUT2D eigenvalue weighted by Gasteiger charge is 2.47. The molecule has 4 aliphatic heterocycles. The molecule has 4 saturated heterocycles. The second-order valence-electron chi connectivity index (χ2n) is 14.8. The minimum atomic E-state index is -3.56. The van der Waals surface area contributed by atoms with Crippen LogP contribution in [-0.4, -0.2) is 131 Å². The van der Waals surface area contributed by atoms with Crippen LogP contribution in [0.2, 0.25) is 0 Å². The van der Waals surface area contributed by atoms with Crippen LogP contribution in [0.25, 0.3) is 0 Å². The third kappa shape index (κ3) is 7.67. The molecule has 0 aliphatic carbocycles. The Labute approximate surface area is 293 Å². The van der Waals surface area contributed by atoms with Gasteiger partial charge in [-0.3, -0.25) is 4.79 Å². The van der Waals surface area contributed by atoms with Gasteiger partial charge in [0.25, 0.3) is 16.1 Å². The Kier molecular flexibility index (Phi) is 10.5. The number of amides is 2. The van der Waals surface area contributed by atoms with Crippen molar-refractivity contribution in [2.24, 2.45) is 11.3 Å². The lowest BCUT2D eigenvalue weighted by molar-refractivity contribution is 0.0605. The maximum atomic E-state index is 14.4. The maximum absolute atomic E-state index is 14.4. The average Bonchev–Trinajstić information content (AvgIpc) is 3.03. The van der Waals surface area contributed by atoms with E-state index in [-0.39, 0.29) is 53.9 Å². The minimum absolute atomic E-state index is 0.0779. The topological polar surface area (TPSA) is 152 Å². The number of benzene rings is 1. The van der Waals surface area contributed by atoms with Crippen LogP contribution < -0.4 is 15.0 Å². The predicted octanol–water partition coefficient (Wildman–Crippen LogP) is 3.48. The van der Waals surface area contributed by atoms with Gasteiger partial charge in [0.05, 0.1) is 17.8 Å². The summed E-state index contributed by atoms with van der Waals surface area (Å²) >= 11 is 0. The largest absolute Gasteiger partial charge is 0.465 e. The molecular weight excluding hydrogens is 667 g/mol. The molecule has 2 N–H and O–H groups in total. The van der Waals surface area contributed by atoms with Gasteiger partial charge in [0, 0.05) is 63.3 Å². The molecule has 16 heteroatoms. The molecule has 6 rings (SSSR count).